The number of benzene rings is 1. The van der Waals surface area contributed by atoms with E-state index in [4.69, 9.17) is 4.74 Å². The average Bonchev–Trinajstić information content (AvgIpc) is 3.54. The van der Waals surface area contributed by atoms with Gasteiger partial charge >= 0.3 is 0 Å². The highest BCUT2D eigenvalue weighted by Crippen LogP contribution is 2.71. The third-order valence-corrected chi connectivity index (χ3v) is 8.53. The SMILES string of the molecule is CCC1CC1(CC)C(C)C1C2CC(Oc3ccnc4ccc(C)cc34)CC21. The number of aryl methyl sites for hydroxylation is 1. The van der Waals surface area contributed by atoms with Gasteiger partial charge in [0.15, 0.2) is 0 Å². The summed E-state index contributed by atoms with van der Waals surface area (Å²) in [5, 5.41) is 1.16. The summed E-state index contributed by atoms with van der Waals surface area (Å²) < 4.78 is 6.50. The van der Waals surface area contributed by atoms with Crippen LogP contribution in [0.2, 0.25) is 0 Å². The molecule has 144 valence electrons. The van der Waals surface area contributed by atoms with Gasteiger partial charge in [-0.15, -0.1) is 0 Å². The van der Waals surface area contributed by atoms with Gasteiger partial charge in [-0.2, -0.15) is 0 Å². The Balaban J connectivity index is 1.26. The zero-order valence-corrected chi connectivity index (χ0v) is 17.2. The Labute approximate surface area is 163 Å². The van der Waals surface area contributed by atoms with Crippen molar-refractivity contribution in [1.82, 2.24) is 4.98 Å². The first-order chi connectivity index (χ1) is 13.1. The van der Waals surface area contributed by atoms with Gasteiger partial charge < -0.3 is 4.74 Å². The van der Waals surface area contributed by atoms with Crippen molar-refractivity contribution >= 4 is 10.9 Å². The summed E-state index contributed by atoms with van der Waals surface area (Å²) in [5.41, 5.74) is 2.99. The molecule has 2 nitrogen and oxygen atoms in total. The van der Waals surface area contributed by atoms with Crippen molar-refractivity contribution in [2.75, 3.05) is 0 Å². The van der Waals surface area contributed by atoms with E-state index in [-0.39, 0.29) is 0 Å². The summed E-state index contributed by atoms with van der Waals surface area (Å²) in [6, 6.07) is 8.49. The lowest BCUT2D eigenvalue weighted by atomic mass is 9.79. The number of pyridine rings is 1. The molecule has 1 aromatic carbocycles. The first-order valence-electron chi connectivity index (χ1n) is 11.1. The van der Waals surface area contributed by atoms with Crippen LogP contribution in [-0.4, -0.2) is 11.1 Å². The Hall–Kier alpha value is -1.57. The van der Waals surface area contributed by atoms with Crippen molar-refractivity contribution in [3.8, 4) is 5.75 Å². The first-order valence-corrected chi connectivity index (χ1v) is 11.1. The van der Waals surface area contributed by atoms with Crippen LogP contribution < -0.4 is 4.74 Å². The van der Waals surface area contributed by atoms with Gasteiger partial charge in [-0.25, -0.2) is 0 Å². The van der Waals surface area contributed by atoms with Crippen LogP contribution in [-0.2, 0) is 0 Å². The standard InChI is InChI=1S/C25H33NO/c1-5-17-14-25(17,6-2)16(4)24-19-12-18(13-20(19)24)27-23-9-10-26-22-8-7-15(3)11-21(22)23/h7-11,16-20,24H,5-6,12-14H2,1-4H3. The molecule has 0 saturated heterocycles. The summed E-state index contributed by atoms with van der Waals surface area (Å²) in [5.74, 6) is 5.74. The number of fused-ring (bicyclic) bond motifs is 2. The molecule has 2 heteroatoms. The third kappa shape index (κ3) is 2.70. The molecule has 3 fully saturated rings. The fourth-order valence-electron chi connectivity index (χ4n) is 6.84. The quantitative estimate of drug-likeness (QED) is 0.591. The maximum Gasteiger partial charge on any atom is 0.130 e. The lowest BCUT2D eigenvalue weighted by Crippen LogP contribution is -2.22. The van der Waals surface area contributed by atoms with Crippen LogP contribution in [0.3, 0.4) is 0 Å². The summed E-state index contributed by atoms with van der Waals surface area (Å²) in [7, 11) is 0. The molecule has 0 radical (unpaired) electrons. The largest absolute Gasteiger partial charge is 0.490 e. The Morgan fingerprint density at radius 2 is 1.96 bits per heavy atom. The molecule has 1 heterocycles. The summed E-state index contributed by atoms with van der Waals surface area (Å²) in [4.78, 5) is 4.50. The smallest absolute Gasteiger partial charge is 0.130 e. The van der Waals surface area contributed by atoms with Crippen LogP contribution in [0, 0.1) is 41.9 Å². The van der Waals surface area contributed by atoms with Gasteiger partial charge in [0.1, 0.15) is 5.75 Å². The molecule has 0 bridgehead atoms. The molecule has 3 aliphatic carbocycles. The zero-order valence-electron chi connectivity index (χ0n) is 17.2. The van der Waals surface area contributed by atoms with Crippen LogP contribution in [0.5, 0.6) is 5.75 Å². The van der Waals surface area contributed by atoms with Crippen molar-refractivity contribution in [3.63, 3.8) is 0 Å². The fourth-order valence-corrected chi connectivity index (χ4v) is 6.84. The lowest BCUT2D eigenvalue weighted by Gasteiger charge is -2.27. The van der Waals surface area contributed by atoms with E-state index in [0.717, 1.165) is 46.2 Å². The van der Waals surface area contributed by atoms with Gasteiger partial charge in [0.2, 0.25) is 0 Å². The van der Waals surface area contributed by atoms with Gasteiger partial charge in [0.05, 0.1) is 11.6 Å². The van der Waals surface area contributed by atoms with E-state index < -0.39 is 0 Å². The maximum absolute atomic E-state index is 6.50. The Morgan fingerprint density at radius 3 is 2.63 bits per heavy atom. The second kappa shape index (κ2) is 6.22. The summed E-state index contributed by atoms with van der Waals surface area (Å²) in [6.45, 7) is 9.51. The molecular formula is C25H33NO. The van der Waals surface area contributed by atoms with Gasteiger partial charge in [-0.1, -0.05) is 38.8 Å². The molecule has 5 rings (SSSR count). The number of rotatable bonds is 6. The number of nitrogens with zero attached hydrogens (tertiary/aromatic N) is 1. The highest BCUT2D eigenvalue weighted by Gasteiger charge is 2.66. The topological polar surface area (TPSA) is 22.1 Å². The van der Waals surface area contributed by atoms with Gasteiger partial charge in [0, 0.05) is 11.6 Å². The Bertz CT molecular complexity index is 849. The molecular weight excluding hydrogens is 330 g/mol. The molecule has 5 unspecified atom stereocenters. The number of hydrogen-bond acceptors (Lipinski definition) is 2. The van der Waals surface area contributed by atoms with Crippen molar-refractivity contribution in [1.29, 1.82) is 0 Å². The van der Waals surface area contributed by atoms with E-state index in [1.165, 1.54) is 37.7 Å². The minimum atomic E-state index is 0.397. The number of aromatic nitrogens is 1. The second-order valence-corrected chi connectivity index (χ2v) is 9.63. The molecule has 0 N–H and O–H groups in total. The zero-order chi connectivity index (χ0) is 18.8. The molecule has 5 atom stereocenters. The van der Waals surface area contributed by atoms with E-state index in [1.54, 1.807) is 0 Å². The van der Waals surface area contributed by atoms with Crippen LogP contribution >= 0.6 is 0 Å². The van der Waals surface area contributed by atoms with E-state index in [1.807, 2.05) is 12.3 Å². The molecule has 3 aliphatic rings. The number of hydrogen-bond donors (Lipinski definition) is 0. The average molecular weight is 364 g/mol. The molecule has 2 aromatic rings. The fraction of sp³-hybridized carbons (Fsp3) is 0.640. The number of ether oxygens (including phenoxy) is 1. The van der Waals surface area contributed by atoms with E-state index in [0.29, 0.717) is 11.5 Å². The highest BCUT2D eigenvalue weighted by molar-refractivity contribution is 5.85. The Morgan fingerprint density at radius 1 is 1.19 bits per heavy atom. The third-order valence-electron chi connectivity index (χ3n) is 8.53. The minimum Gasteiger partial charge on any atom is -0.490 e. The molecule has 0 amide bonds. The monoisotopic (exact) mass is 363 g/mol. The lowest BCUT2D eigenvalue weighted by molar-refractivity contribution is 0.163. The van der Waals surface area contributed by atoms with E-state index in [2.05, 4.69) is 50.9 Å². The molecule has 3 saturated carbocycles. The normalized spacial score (nSPS) is 37.9. The summed E-state index contributed by atoms with van der Waals surface area (Å²) >= 11 is 0. The van der Waals surface area contributed by atoms with Crippen LogP contribution in [0.4, 0.5) is 0 Å². The predicted octanol–water partition coefficient (Wildman–Crippen LogP) is 6.41. The van der Waals surface area contributed by atoms with E-state index >= 15 is 0 Å². The van der Waals surface area contributed by atoms with Crippen LogP contribution in [0.15, 0.2) is 30.5 Å². The Kier molecular flexibility index (Phi) is 4.04. The van der Waals surface area contributed by atoms with Crippen LogP contribution in [0.1, 0.15) is 58.4 Å². The predicted molar refractivity (Wildman–Crippen MR) is 111 cm³/mol. The summed E-state index contributed by atoms with van der Waals surface area (Å²) in [6.07, 6.45) is 9.03. The van der Waals surface area contributed by atoms with Crippen LogP contribution in [0.25, 0.3) is 10.9 Å². The molecule has 0 aliphatic heterocycles. The van der Waals surface area contributed by atoms with Crippen molar-refractivity contribution in [2.24, 2.45) is 35.0 Å². The van der Waals surface area contributed by atoms with Gasteiger partial charge in [-0.05, 0) is 85.8 Å². The molecule has 0 spiro atoms. The van der Waals surface area contributed by atoms with E-state index in [9.17, 15) is 0 Å². The van der Waals surface area contributed by atoms with Crippen molar-refractivity contribution < 1.29 is 4.74 Å². The van der Waals surface area contributed by atoms with Gasteiger partial charge in [-0.3, -0.25) is 4.98 Å². The molecule has 1 aromatic heterocycles. The minimum absolute atomic E-state index is 0.397. The van der Waals surface area contributed by atoms with Gasteiger partial charge in [0.25, 0.3) is 0 Å². The first kappa shape index (κ1) is 17.5. The molecule has 27 heavy (non-hydrogen) atoms. The maximum atomic E-state index is 6.50. The van der Waals surface area contributed by atoms with Crippen molar-refractivity contribution in [2.45, 2.75) is 65.9 Å². The second-order valence-electron chi connectivity index (χ2n) is 9.63. The highest BCUT2D eigenvalue weighted by atomic mass is 16.5. The van der Waals surface area contributed by atoms with Crippen molar-refractivity contribution in [3.05, 3.63) is 36.0 Å².